The fourth-order valence-electron chi connectivity index (χ4n) is 1.01. The highest BCUT2D eigenvalue weighted by Gasteiger charge is 2.11. The van der Waals surface area contributed by atoms with Gasteiger partial charge in [-0.05, 0) is 13.8 Å². The van der Waals surface area contributed by atoms with Gasteiger partial charge in [0.05, 0.1) is 0 Å². The quantitative estimate of drug-likeness (QED) is 0.591. The Morgan fingerprint density at radius 2 is 2.31 bits per heavy atom. The lowest BCUT2D eigenvalue weighted by molar-refractivity contribution is 0.557. The van der Waals surface area contributed by atoms with Crippen LogP contribution < -0.4 is 5.73 Å². The molecule has 0 aliphatic rings. The molecule has 0 bridgehead atoms. The van der Waals surface area contributed by atoms with Gasteiger partial charge in [0.15, 0.2) is 5.16 Å². The van der Waals surface area contributed by atoms with E-state index in [4.69, 9.17) is 5.73 Å². The molecule has 0 aromatic carbocycles. The number of nitrogen functional groups attached to an aromatic ring is 1. The van der Waals surface area contributed by atoms with Crippen LogP contribution in [0.15, 0.2) is 17.8 Å². The molecule has 1 aromatic heterocycles. The molecular weight excluding hydrogens is 184 g/mol. The van der Waals surface area contributed by atoms with Crippen molar-refractivity contribution in [3.05, 3.63) is 12.7 Å². The maximum atomic E-state index is 5.66. The van der Waals surface area contributed by atoms with Crippen molar-refractivity contribution >= 4 is 17.7 Å². The maximum absolute atomic E-state index is 5.66. The van der Waals surface area contributed by atoms with Gasteiger partial charge in [0.2, 0.25) is 5.95 Å². The Hall–Kier alpha value is -0.970. The molecule has 0 atom stereocenters. The Kier molecular flexibility index (Phi) is 3.36. The van der Waals surface area contributed by atoms with E-state index in [-0.39, 0.29) is 0 Å². The zero-order valence-corrected chi connectivity index (χ0v) is 8.71. The van der Waals surface area contributed by atoms with Gasteiger partial charge < -0.3 is 5.73 Å². The molecule has 72 valence electrons. The minimum Gasteiger partial charge on any atom is -0.368 e. The Morgan fingerprint density at radius 3 is 2.85 bits per heavy atom. The van der Waals surface area contributed by atoms with E-state index in [9.17, 15) is 0 Å². The van der Waals surface area contributed by atoms with E-state index in [0.29, 0.717) is 12.0 Å². The van der Waals surface area contributed by atoms with Crippen molar-refractivity contribution in [2.75, 3.05) is 11.5 Å². The molecule has 0 spiro atoms. The number of nitrogens with zero attached hydrogens (tertiary/aromatic N) is 3. The third-order valence-corrected chi connectivity index (χ3v) is 2.48. The summed E-state index contributed by atoms with van der Waals surface area (Å²) in [6.45, 7) is 7.75. The molecule has 13 heavy (non-hydrogen) atoms. The third-order valence-electron chi connectivity index (χ3n) is 1.54. The van der Waals surface area contributed by atoms with E-state index in [2.05, 4.69) is 30.6 Å². The van der Waals surface area contributed by atoms with Crippen molar-refractivity contribution in [1.29, 1.82) is 0 Å². The fraction of sp³-hybridized carbons (Fsp3) is 0.500. The lowest BCUT2D eigenvalue weighted by Crippen LogP contribution is -2.06. The first-order valence-corrected chi connectivity index (χ1v) is 5.09. The van der Waals surface area contributed by atoms with Crippen molar-refractivity contribution in [2.45, 2.75) is 25.0 Å². The van der Waals surface area contributed by atoms with Crippen LogP contribution in [-0.2, 0) is 0 Å². The number of nitrogens with two attached hydrogens (primary N) is 1. The highest BCUT2D eigenvalue weighted by molar-refractivity contribution is 7.99. The Balaban J connectivity index is 2.86. The van der Waals surface area contributed by atoms with Gasteiger partial charge in [-0.15, -0.1) is 16.8 Å². The second-order valence-corrected chi connectivity index (χ2v) is 3.89. The second kappa shape index (κ2) is 4.32. The minimum atomic E-state index is 0.294. The van der Waals surface area contributed by atoms with Gasteiger partial charge in [-0.1, -0.05) is 17.8 Å². The van der Waals surface area contributed by atoms with E-state index in [1.54, 1.807) is 11.8 Å². The minimum absolute atomic E-state index is 0.294. The number of rotatable bonds is 4. The summed E-state index contributed by atoms with van der Waals surface area (Å²) in [6, 6.07) is 0.294. The van der Waals surface area contributed by atoms with Crippen LogP contribution in [0.2, 0.25) is 0 Å². The smallest absolute Gasteiger partial charge is 0.222 e. The summed E-state index contributed by atoms with van der Waals surface area (Å²) in [5, 5.41) is 8.66. The van der Waals surface area contributed by atoms with Gasteiger partial charge in [0.1, 0.15) is 0 Å². The van der Waals surface area contributed by atoms with Crippen LogP contribution in [-0.4, -0.2) is 20.5 Å². The van der Waals surface area contributed by atoms with Crippen molar-refractivity contribution in [3.63, 3.8) is 0 Å². The average Bonchev–Trinajstić information content (AvgIpc) is 2.43. The SMILES string of the molecule is C=CCSc1nnc(N)n1C(C)C. The summed E-state index contributed by atoms with van der Waals surface area (Å²) in [4.78, 5) is 0. The number of aromatic nitrogens is 3. The average molecular weight is 198 g/mol. The molecule has 0 aliphatic heterocycles. The van der Waals surface area contributed by atoms with E-state index in [1.807, 2.05) is 10.6 Å². The summed E-state index contributed by atoms with van der Waals surface area (Å²) >= 11 is 1.59. The molecule has 4 nitrogen and oxygen atoms in total. The molecular formula is C8H14N4S. The first-order chi connectivity index (χ1) is 6.16. The summed E-state index contributed by atoms with van der Waals surface area (Å²) in [5.41, 5.74) is 5.66. The molecule has 1 rings (SSSR count). The lowest BCUT2D eigenvalue weighted by atomic mass is 10.4. The number of hydrogen-bond acceptors (Lipinski definition) is 4. The van der Waals surface area contributed by atoms with Gasteiger partial charge >= 0.3 is 0 Å². The van der Waals surface area contributed by atoms with Crippen LogP contribution in [0.5, 0.6) is 0 Å². The van der Waals surface area contributed by atoms with E-state index in [0.717, 1.165) is 10.9 Å². The molecule has 0 radical (unpaired) electrons. The van der Waals surface area contributed by atoms with E-state index < -0.39 is 0 Å². The molecule has 2 N–H and O–H groups in total. The molecule has 5 heteroatoms. The van der Waals surface area contributed by atoms with Gasteiger partial charge in [-0.2, -0.15) is 0 Å². The Bertz CT molecular complexity index is 292. The van der Waals surface area contributed by atoms with Gasteiger partial charge in [-0.3, -0.25) is 4.57 Å². The maximum Gasteiger partial charge on any atom is 0.222 e. The first-order valence-electron chi connectivity index (χ1n) is 4.11. The largest absolute Gasteiger partial charge is 0.368 e. The van der Waals surface area contributed by atoms with Gasteiger partial charge in [0, 0.05) is 11.8 Å². The number of hydrogen-bond donors (Lipinski definition) is 1. The number of thioether (sulfide) groups is 1. The van der Waals surface area contributed by atoms with Gasteiger partial charge in [0.25, 0.3) is 0 Å². The van der Waals surface area contributed by atoms with Crippen LogP contribution in [0.25, 0.3) is 0 Å². The van der Waals surface area contributed by atoms with Crippen LogP contribution in [0, 0.1) is 0 Å². The standard InChI is InChI=1S/C8H14N4S/c1-4-5-13-8-11-10-7(9)12(8)6(2)3/h4,6H,1,5H2,2-3H3,(H2,9,10). The van der Waals surface area contributed by atoms with Crippen LogP contribution in [0.4, 0.5) is 5.95 Å². The van der Waals surface area contributed by atoms with Crippen molar-refractivity contribution < 1.29 is 0 Å². The predicted molar refractivity (Wildman–Crippen MR) is 55.7 cm³/mol. The zero-order valence-electron chi connectivity index (χ0n) is 7.90. The Morgan fingerprint density at radius 1 is 1.62 bits per heavy atom. The van der Waals surface area contributed by atoms with Gasteiger partial charge in [-0.25, -0.2) is 0 Å². The summed E-state index contributed by atoms with van der Waals surface area (Å²) < 4.78 is 1.91. The summed E-state index contributed by atoms with van der Waals surface area (Å²) in [7, 11) is 0. The fourth-order valence-corrected chi connectivity index (χ4v) is 1.81. The number of anilines is 1. The van der Waals surface area contributed by atoms with Crippen LogP contribution in [0.3, 0.4) is 0 Å². The second-order valence-electron chi connectivity index (χ2n) is 2.90. The summed E-state index contributed by atoms with van der Waals surface area (Å²) in [5.74, 6) is 1.30. The molecule has 0 aliphatic carbocycles. The molecule has 1 aromatic rings. The lowest BCUT2D eigenvalue weighted by Gasteiger charge is -2.10. The molecule has 0 unspecified atom stereocenters. The Labute approximate surface area is 82.2 Å². The molecule has 0 saturated carbocycles. The highest BCUT2D eigenvalue weighted by Crippen LogP contribution is 2.22. The highest BCUT2D eigenvalue weighted by atomic mass is 32.2. The van der Waals surface area contributed by atoms with Crippen molar-refractivity contribution in [1.82, 2.24) is 14.8 Å². The molecule has 0 fully saturated rings. The summed E-state index contributed by atoms with van der Waals surface area (Å²) in [6.07, 6.45) is 1.83. The molecule has 1 heterocycles. The van der Waals surface area contributed by atoms with Crippen LogP contribution >= 0.6 is 11.8 Å². The molecule has 0 amide bonds. The van der Waals surface area contributed by atoms with Crippen molar-refractivity contribution in [2.24, 2.45) is 0 Å². The van der Waals surface area contributed by atoms with E-state index in [1.165, 1.54) is 0 Å². The first kappa shape index (κ1) is 10.1. The third kappa shape index (κ3) is 2.24. The van der Waals surface area contributed by atoms with E-state index >= 15 is 0 Å². The zero-order chi connectivity index (χ0) is 9.84. The van der Waals surface area contributed by atoms with Crippen LogP contribution in [0.1, 0.15) is 19.9 Å². The molecule has 0 saturated heterocycles. The topological polar surface area (TPSA) is 56.7 Å². The monoisotopic (exact) mass is 198 g/mol. The predicted octanol–water partition coefficient (Wildman–Crippen LogP) is 1.72. The normalized spacial score (nSPS) is 10.7. The van der Waals surface area contributed by atoms with Crippen molar-refractivity contribution in [3.8, 4) is 0 Å².